The Bertz CT molecular complexity index is 658. The van der Waals surface area contributed by atoms with Gasteiger partial charge in [0.05, 0.1) is 16.2 Å². The van der Waals surface area contributed by atoms with Crippen molar-refractivity contribution >= 4 is 17.3 Å². The Morgan fingerprint density at radius 3 is 2.54 bits per heavy atom. The van der Waals surface area contributed by atoms with Gasteiger partial charge in [-0.1, -0.05) is 13.8 Å². The minimum Gasteiger partial charge on any atom is -0.367 e. The zero-order valence-corrected chi connectivity index (χ0v) is 14.1. The molecule has 1 aromatic rings. The maximum absolute atomic E-state index is 12.2. The normalized spacial score (nSPS) is 14.6. The summed E-state index contributed by atoms with van der Waals surface area (Å²) in [5, 5.41) is 20.1. The fourth-order valence-electron chi connectivity index (χ4n) is 2.77. The van der Waals surface area contributed by atoms with Crippen LogP contribution in [0.2, 0.25) is 0 Å². The van der Waals surface area contributed by atoms with Crippen molar-refractivity contribution in [3.63, 3.8) is 0 Å². The number of nitriles is 1. The molecule has 1 aromatic carbocycles. The third kappa shape index (κ3) is 4.22. The van der Waals surface area contributed by atoms with Gasteiger partial charge >= 0.3 is 0 Å². The Hall–Kier alpha value is -2.62. The molecule has 0 saturated carbocycles. The Morgan fingerprint density at radius 2 is 2.00 bits per heavy atom. The summed E-state index contributed by atoms with van der Waals surface area (Å²) >= 11 is 0. The molecule has 0 aliphatic carbocycles. The first kappa shape index (κ1) is 17.7. The molecule has 0 aromatic heterocycles. The van der Waals surface area contributed by atoms with Gasteiger partial charge in [0, 0.05) is 44.7 Å². The van der Waals surface area contributed by atoms with Crippen LogP contribution < -0.4 is 4.90 Å². The molecule has 128 valence electrons. The van der Waals surface area contributed by atoms with E-state index in [0.29, 0.717) is 49.8 Å². The van der Waals surface area contributed by atoms with Crippen LogP contribution in [0, 0.1) is 27.4 Å². The molecule has 0 radical (unpaired) electrons. The number of hydrogen-bond acceptors (Lipinski definition) is 5. The van der Waals surface area contributed by atoms with Crippen LogP contribution in [-0.2, 0) is 4.79 Å². The van der Waals surface area contributed by atoms with Gasteiger partial charge in [0.1, 0.15) is 6.07 Å². The lowest BCUT2D eigenvalue weighted by atomic mass is 10.1. The Labute approximate surface area is 141 Å². The number of carbonyl (C=O) groups excluding carboxylic acids is 1. The van der Waals surface area contributed by atoms with Crippen molar-refractivity contribution in [2.45, 2.75) is 26.7 Å². The number of hydrogen-bond donors (Lipinski definition) is 0. The summed E-state index contributed by atoms with van der Waals surface area (Å²) in [6.07, 6.45) is 1.46. The number of benzene rings is 1. The van der Waals surface area contributed by atoms with Crippen LogP contribution in [0.15, 0.2) is 18.2 Å². The number of non-ortho nitro benzene ring substituents is 1. The zero-order valence-electron chi connectivity index (χ0n) is 14.1. The fourth-order valence-corrected chi connectivity index (χ4v) is 2.77. The third-order valence-electron chi connectivity index (χ3n) is 4.22. The van der Waals surface area contributed by atoms with E-state index in [0.717, 1.165) is 6.42 Å². The van der Waals surface area contributed by atoms with E-state index in [1.165, 1.54) is 12.1 Å². The second-order valence-corrected chi connectivity index (χ2v) is 6.37. The number of nitro benzene ring substituents is 1. The fraction of sp³-hybridized carbons (Fsp3) is 0.529. The van der Waals surface area contributed by atoms with Crippen molar-refractivity contribution in [2.75, 3.05) is 31.1 Å². The molecule has 1 fully saturated rings. The van der Waals surface area contributed by atoms with Gasteiger partial charge in [-0.2, -0.15) is 5.26 Å². The first-order valence-electron chi connectivity index (χ1n) is 8.13. The predicted octanol–water partition coefficient (Wildman–Crippen LogP) is 2.55. The first-order chi connectivity index (χ1) is 11.4. The van der Waals surface area contributed by atoms with Gasteiger partial charge in [0.15, 0.2) is 0 Å². The highest BCUT2D eigenvalue weighted by Crippen LogP contribution is 2.26. The quantitative estimate of drug-likeness (QED) is 0.611. The second kappa shape index (κ2) is 7.77. The van der Waals surface area contributed by atoms with Crippen molar-refractivity contribution in [1.29, 1.82) is 5.26 Å². The molecule has 1 heterocycles. The topological polar surface area (TPSA) is 90.5 Å². The zero-order chi connectivity index (χ0) is 17.7. The van der Waals surface area contributed by atoms with Crippen LogP contribution in [0.25, 0.3) is 0 Å². The minimum absolute atomic E-state index is 0.0854. The van der Waals surface area contributed by atoms with Crippen LogP contribution in [0.4, 0.5) is 11.4 Å². The van der Waals surface area contributed by atoms with E-state index < -0.39 is 4.92 Å². The standard InChI is InChI=1S/C17H22N4O3/c1-13(2)3-6-17(22)20-9-7-19(8-10-20)16-5-4-15(21(23)24)11-14(16)12-18/h4-5,11,13H,3,6-10H2,1-2H3. The summed E-state index contributed by atoms with van der Waals surface area (Å²) < 4.78 is 0. The summed E-state index contributed by atoms with van der Waals surface area (Å²) in [5.41, 5.74) is 0.902. The first-order valence-corrected chi connectivity index (χ1v) is 8.13. The Kier molecular flexibility index (Phi) is 5.74. The third-order valence-corrected chi connectivity index (χ3v) is 4.22. The number of carbonyl (C=O) groups is 1. The summed E-state index contributed by atoms with van der Waals surface area (Å²) in [5.74, 6) is 0.682. The van der Waals surface area contributed by atoms with E-state index in [4.69, 9.17) is 0 Å². The number of nitrogens with zero attached hydrogens (tertiary/aromatic N) is 4. The average molecular weight is 330 g/mol. The Morgan fingerprint density at radius 1 is 1.33 bits per heavy atom. The molecule has 24 heavy (non-hydrogen) atoms. The van der Waals surface area contributed by atoms with Crippen LogP contribution in [0.1, 0.15) is 32.3 Å². The predicted molar refractivity (Wildman–Crippen MR) is 90.7 cm³/mol. The van der Waals surface area contributed by atoms with Crippen LogP contribution in [-0.4, -0.2) is 41.9 Å². The molecule has 0 atom stereocenters. The van der Waals surface area contributed by atoms with Gasteiger partial charge in [-0.15, -0.1) is 0 Å². The molecule has 1 aliphatic rings. The Balaban J connectivity index is 2.01. The second-order valence-electron chi connectivity index (χ2n) is 6.37. The lowest BCUT2D eigenvalue weighted by molar-refractivity contribution is -0.384. The molecule has 0 bridgehead atoms. The van der Waals surface area contributed by atoms with Gasteiger partial charge in [0.25, 0.3) is 5.69 Å². The lowest BCUT2D eigenvalue weighted by Crippen LogP contribution is -2.49. The van der Waals surface area contributed by atoms with Crippen LogP contribution in [0.3, 0.4) is 0 Å². The van der Waals surface area contributed by atoms with Gasteiger partial charge in [0.2, 0.25) is 5.91 Å². The van der Waals surface area contributed by atoms with Crippen molar-refractivity contribution < 1.29 is 9.72 Å². The molecule has 0 N–H and O–H groups in total. The number of amides is 1. The van der Waals surface area contributed by atoms with Crippen molar-refractivity contribution in [2.24, 2.45) is 5.92 Å². The number of anilines is 1. The van der Waals surface area contributed by atoms with Gasteiger partial charge < -0.3 is 9.80 Å². The number of rotatable bonds is 5. The van der Waals surface area contributed by atoms with Gasteiger partial charge in [-0.3, -0.25) is 14.9 Å². The number of piperazine rings is 1. The lowest BCUT2D eigenvalue weighted by Gasteiger charge is -2.36. The van der Waals surface area contributed by atoms with Crippen molar-refractivity contribution in [3.05, 3.63) is 33.9 Å². The smallest absolute Gasteiger partial charge is 0.270 e. The van der Waals surface area contributed by atoms with E-state index in [1.807, 2.05) is 15.9 Å². The van der Waals surface area contributed by atoms with Crippen LogP contribution >= 0.6 is 0 Å². The van der Waals surface area contributed by atoms with Crippen LogP contribution in [0.5, 0.6) is 0 Å². The minimum atomic E-state index is -0.504. The highest BCUT2D eigenvalue weighted by Gasteiger charge is 2.23. The summed E-state index contributed by atoms with van der Waals surface area (Å²) in [7, 11) is 0. The molecule has 1 amide bonds. The van der Waals surface area contributed by atoms with Crippen molar-refractivity contribution in [3.8, 4) is 6.07 Å². The summed E-state index contributed by atoms with van der Waals surface area (Å²) in [4.78, 5) is 26.4. The number of nitro groups is 1. The maximum Gasteiger partial charge on any atom is 0.270 e. The summed E-state index contributed by atoms with van der Waals surface area (Å²) in [6.45, 7) is 6.67. The molecule has 7 heteroatoms. The van der Waals surface area contributed by atoms with Crippen molar-refractivity contribution in [1.82, 2.24) is 4.90 Å². The molecule has 1 saturated heterocycles. The molecule has 0 unspecified atom stereocenters. The molecular formula is C17H22N4O3. The van der Waals surface area contributed by atoms with Gasteiger partial charge in [-0.25, -0.2) is 0 Å². The van der Waals surface area contributed by atoms with Gasteiger partial charge in [-0.05, 0) is 18.4 Å². The monoisotopic (exact) mass is 330 g/mol. The molecular weight excluding hydrogens is 308 g/mol. The van der Waals surface area contributed by atoms with E-state index in [9.17, 15) is 20.2 Å². The van der Waals surface area contributed by atoms with E-state index in [1.54, 1.807) is 6.07 Å². The molecule has 2 rings (SSSR count). The SMILES string of the molecule is CC(C)CCC(=O)N1CCN(c2ccc([N+](=O)[O-])cc2C#N)CC1. The average Bonchev–Trinajstić information content (AvgIpc) is 2.59. The summed E-state index contributed by atoms with van der Waals surface area (Å²) in [6, 6.07) is 6.36. The molecule has 0 spiro atoms. The highest BCUT2D eigenvalue weighted by atomic mass is 16.6. The highest BCUT2D eigenvalue weighted by molar-refractivity contribution is 5.76. The van der Waals surface area contributed by atoms with E-state index in [-0.39, 0.29) is 11.6 Å². The maximum atomic E-state index is 12.2. The van der Waals surface area contributed by atoms with E-state index in [2.05, 4.69) is 13.8 Å². The molecule has 1 aliphatic heterocycles. The van der Waals surface area contributed by atoms with E-state index >= 15 is 0 Å². The molecule has 7 nitrogen and oxygen atoms in total. The largest absolute Gasteiger partial charge is 0.367 e.